The summed E-state index contributed by atoms with van der Waals surface area (Å²) in [7, 11) is -3.90. The molecule has 1 aromatic carbocycles. The lowest BCUT2D eigenvalue weighted by atomic mass is 10.3. The Bertz CT molecular complexity index is 714. The minimum atomic E-state index is -3.90. The summed E-state index contributed by atoms with van der Waals surface area (Å²) in [6, 6.07) is 2.84. The van der Waals surface area contributed by atoms with Gasteiger partial charge in [-0.2, -0.15) is 0 Å². The zero-order valence-corrected chi connectivity index (χ0v) is 13.5. The van der Waals surface area contributed by atoms with E-state index in [4.69, 9.17) is 21.1 Å². The SMILES string of the molecule is C[C@@H](C(=O)NC1CC1)S(=O)(=O)c1cc2c(cc1Cl)OCCO2. The Morgan fingerprint density at radius 2 is 1.86 bits per heavy atom. The molecule has 3 rings (SSSR count). The summed E-state index contributed by atoms with van der Waals surface area (Å²) in [4.78, 5) is 11.9. The van der Waals surface area contributed by atoms with Crippen LogP contribution in [0.3, 0.4) is 0 Å². The van der Waals surface area contributed by atoms with Gasteiger partial charge in [0.2, 0.25) is 5.91 Å². The van der Waals surface area contributed by atoms with Gasteiger partial charge in [-0.05, 0) is 19.8 Å². The van der Waals surface area contributed by atoms with Crippen LogP contribution in [0.1, 0.15) is 19.8 Å². The number of rotatable bonds is 4. The summed E-state index contributed by atoms with van der Waals surface area (Å²) in [6.07, 6.45) is 1.78. The van der Waals surface area contributed by atoms with Gasteiger partial charge in [0, 0.05) is 18.2 Å². The van der Waals surface area contributed by atoms with Crippen molar-refractivity contribution in [1.29, 1.82) is 0 Å². The molecule has 0 saturated heterocycles. The van der Waals surface area contributed by atoms with Crippen LogP contribution in [0.5, 0.6) is 11.5 Å². The fraction of sp³-hybridized carbons (Fsp3) is 0.500. The number of hydrogen-bond acceptors (Lipinski definition) is 5. The number of carbonyl (C=O) groups is 1. The van der Waals surface area contributed by atoms with Gasteiger partial charge in [0.25, 0.3) is 0 Å². The standard InChI is InChI=1S/C14H16ClNO5S/c1-8(14(17)16-9-2-3-9)22(18,19)13-7-12-11(6-10(13)15)20-4-5-21-12/h6-9H,2-5H2,1H3,(H,16,17)/t8-/m0/s1. The maximum absolute atomic E-state index is 12.6. The van der Waals surface area contributed by atoms with Crippen LogP contribution in [-0.4, -0.2) is 38.8 Å². The van der Waals surface area contributed by atoms with E-state index in [9.17, 15) is 13.2 Å². The van der Waals surface area contributed by atoms with Crippen LogP contribution in [-0.2, 0) is 14.6 Å². The molecule has 1 aromatic rings. The number of hydrogen-bond donors (Lipinski definition) is 1. The van der Waals surface area contributed by atoms with Crippen molar-refractivity contribution in [2.75, 3.05) is 13.2 Å². The van der Waals surface area contributed by atoms with E-state index in [1.807, 2.05) is 0 Å². The molecule has 0 unspecified atom stereocenters. The van der Waals surface area contributed by atoms with Crippen LogP contribution in [0, 0.1) is 0 Å². The van der Waals surface area contributed by atoms with Crippen molar-refractivity contribution in [3.05, 3.63) is 17.2 Å². The number of fused-ring (bicyclic) bond motifs is 1. The number of benzene rings is 1. The molecule has 8 heteroatoms. The molecule has 1 saturated carbocycles. The van der Waals surface area contributed by atoms with Crippen LogP contribution >= 0.6 is 11.6 Å². The Morgan fingerprint density at radius 3 is 2.45 bits per heavy atom. The Balaban J connectivity index is 1.92. The van der Waals surface area contributed by atoms with E-state index in [2.05, 4.69) is 5.32 Å². The second kappa shape index (κ2) is 5.62. The Morgan fingerprint density at radius 1 is 1.27 bits per heavy atom. The molecule has 120 valence electrons. The molecule has 1 aliphatic heterocycles. The van der Waals surface area contributed by atoms with Crippen molar-refractivity contribution in [1.82, 2.24) is 5.32 Å². The molecule has 1 N–H and O–H groups in total. The topological polar surface area (TPSA) is 81.7 Å². The van der Waals surface area contributed by atoms with Crippen molar-refractivity contribution in [3.63, 3.8) is 0 Å². The molecule has 1 fully saturated rings. The van der Waals surface area contributed by atoms with Gasteiger partial charge in [0.15, 0.2) is 21.3 Å². The number of sulfone groups is 1. The Labute approximate surface area is 133 Å². The third kappa shape index (κ3) is 2.87. The lowest BCUT2D eigenvalue weighted by Crippen LogP contribution is -2.39. The molecule has 0 bridgehead atoms. The number of halogens is 1. The lowest BCUT2D eigenvalue weighted by Gasteiger charge is -2.21. The van der Waals surface area contributed by atoms with E-state index in [0.29, 0.717) is 24.7 Å². The molecule has 1 aliphatic carbocycles. The molecule has 6 nitrogen and oxygen atoms in total. The van der Waals surface area contributed by atoms with Crippen molar-refractivity contribution < 1.29 is 22.7 Å². The first kappa shape index (κ1) is 15.4. The normalized spacial score (nSPS) is 18.6. The highest BCUT2D eigenvalue weighted by atomic mass is 35.5. The molecule has 0 spiro atoms. The smallest absolute Gasteiger partial charge is 0.238 e. The first-order chi connectivity index (χ1) is 10.4. The van der Waals surface area contributed by atoms with Gasteiger partial charge in [-0.25, -0.2) is 8.42 Å². The predicted octanol–water partition coefficient (Wildman–Crippen LogP) is 1.55. The van der Waals surface area contributed by atoms with Crippen molar-refractivity contribution in [2.45, 2.75) is 36.0 Å². The summed E-state index contributed by atoms with van der Waals surface area (Å²) in [5.74, 6) is 0.225. The molecular formula is C14H16ClNO5S. The maximum atomic E-state index is 12.6. The minimum absolute atomic E-state index is 0.0234. The number of amides is 1. The molecule has 1 atom stereocenters. The highest BCUT2D eigenvalue weighted by molar-refractivity contribution is 7.92. The quantitative estimate of drug-likeness (QED) is 0.895. The van der Waals surface area contributed by atoms with Crippen LogP contribution in [0.25, 0.3) is 0 Å². The molecule has 1 amide bonds. The van der Waals surface area contributed by atoms with Gasteiger partial charge in [0.05, 0.1) is 9.92 Å². The van der Waals surface area contributed by atoms with E-state index in [1.165, 1.54) is 19.1 Å². The summed E-state index contributed by atoms with van der Waals surface area (Å²) in [5.41, 5.74) is 0. The third-order valence-electron chi connectivity index (χ3n) is 3.66. The number of nitrogens with one attached hydrogen (secondary N) is 1. The molecule has 0 radical (unpaired) electrons. The highest BCUT2D eigenvalue weighted by Gasteiger charge is 2.35. The summed E-state index contributed by atoms with van der Waals surface area (Å²) in [5, 5.41) is 1.50. The van der Waals surface area contributed by atoms with Crippen LogP contribution in [0.4, 0.5) is 0 Å². The number of ether oxygens (including phenoxy) is 2. The first-order valence-electron chi connectivity index (χ1n) is 7.03. The van der Waals surface area contributed by atoms with Gasteiger partial charge in [-0.15, -0.1) is 0 Å². The number of carbonyl (C=O) groups excluding carboxylic acids is 1. The van der Waals surface area contributed by atoms with Gasteiger partial charge in [0.1, 0.15) is 18.5 Å². The average molecular weight is 346 g/mol. The van der Waals surface area contributed by atoms with Crippen molar-refractivity contribution in [3.8, 4) is 11.5 Å². The van der Waals surface area contributed by atoms with Crippen LogP contribution < -0.4 is 14.8 Å². The predicted molar refractivity (Wildman–Crippen MR) is 80.3 cm³/mol. The summed E-state index contributed by atoms with van der Waals surface area (Å²) in [6.45, 7) is 2.08. The summed E-state index contributed by atoms with van der Waals surface area (Å²) >= 11 is 6.07. The zero-order chi connectivity index (χ0) is 15.9. The van der Waals surface area contributed by atoms with E-state index in [-0.39, 0.29) is 16.0 Å². The lowest BCUT2D eigenvalue weighted by molar-refractivity contribution is -0.120. The second-order valence-electron chi connectivity index (χ2n) is 5.40. The largest absolute Gasteiger partial charge is 0.486 e. The van der Waals surface area contributed by atoms with E-state index in [0.717, 1.165) is 12.8 Å². The molecule has 2 aliphatic rings. The van der Waals surface area contributed by atoms with E-state index >= 15 is 0 Å². The molecule has 1 heterocycles. The third-order valence-corrected chi connectivity index (χ3v) is 6.18. The minimum Gasteiger partial charge on any atom is -0.486 e. The average Bonchev–Trinajstić information content (AvgIpc) is 3.29. The zero-order valence-electron chi connectivity index (χ0n) is 12.0. The maximum Gasteiger partial charge on any atom is 0.238 e. The molecular weight excluding hydrogens is 330 g/mol. The molecule has 0 aromatic heterocycles. The Kier molecular flexibility index (Phi) is 3.94. The van der Waals surface area contributed by atoms with Gasteiger partial charge in [-0.1, -0.05) is 11.6 Å². The second-order valence-corrected chi connectivity index (χ2v) is 8.04. The van der Waals surface area contributed by atoms with Gasteiger partial charge >= 0.3 is 0 Å². The van der Waals surface area contributed by atoms with E-state index in [1.54, 1.807) is 0 Å². The van der Waals surface area contributed by atoms with Gasteiger partial charge < -0.3 is 14.8 Å². The van der Waals surface area contributed by atoms with Gasteiger partial charge in [-0.3, -0.25) is 4.79 Å². The molecule has 22 heavy (non-hydrogen) atoms. The van der Waals surface area contributed by atoms with Crippen molar-refractivity contribution in [2.24, 2.45) is 0 Å². The van der Waals surface area contributed by atoms with Crippen LogP contribution in [0.2, 0.25) is 5.02 Å². The van der Waals surface area contributed by atoms with E-state index < -0.39 is 21.0 Å². The first-order valence-corrected chi connectivity index (χ1v) is 8.95. The van der Waals surface area contributed by atoms with Crippen molar-refractivity contribution >= 4 is 27.3 Å². The highest BCUT2D eigenvalue weighted by Crippen LogP contribution is 2.38. The fourth-order valence-electron chi connectivity index (χ4n) is 2.14. The Hall–Kier alpha value is -1.47. The van der Waals surface area contributed by atoms with Crippen LogP contribution in [0.15, 0.2) is 17.0 Å². The monoisotopic (exact) mass is 345 g/mol. The fourth-order valence-corrected chi connectivity index (χ4v) is 3.95. The summed E-state index contributed by atoms with van der Waals surface area (Å²) < 4.78 is 36.0.